The Bertz CT molecular complexity index is 1260. The predicted octanol–water partition coefficient (Wildman–Crippen LogP) is 3.58. The lowest BCUT2D eigenvalue weighted by molar-refractivity contribution is 0.0947. The van der Waals surface area contributed by atoms with Crippen molar-refractivity contribution in [3.63, 3.8) is 0 Å². The van der Waals surface area contributed by atoms with Crippen LogP contribution in [-0.2, 0) is 17.8 Å². The number of anilines is 1. The number of hydrogen-bond donors (Lipinski definition) is 2. The molecule has 1 aliphatic rings. The van der Waals surface area contributed by atoms with Gasteiger partial charge in [-0.2, -0.15) is 0 Å². The number of nitrogens with zero attached hydrogens (tertiary/aromatic N) is 3. The summed E-state index contributed by atoms with van der Waals surface area (Å²) in [4.78, 5) is 22.8. The molecule has 1 amide bonds. The van der Waals surface area contributed by atoms with Crippen molar-refractivity contribution in [3.05, 3.63) is 65.2 Å². The number of hydrogen-bond acceptors (Lipinski definition) is 5. The number of aromatic nitrogens is 3. The summed E-state index contributed by atoms with van der Waals surface area (Å²) in [6, 6.07) is 15.7. The van der Waals surface area contributed by atoms with Crippen LogP contribution < -0.4 is 11.1 Å². The number of para-hydroxylation sites is 2. The SMILES string of the molecule is Cc1ccc(CNC(=O)c2c(N)n(CC3CCCO3)c3nc4ccccc4nc23)cc1. The van der Waals surface area contributed by atoms with Crippen molar-refractivity contribution in [3.8, 4) is 0 Å². The molecule has 7 heteroatoms. The van der Waals surface area contributed by atoms with Crippen molar-refractivity contribution >= 4 is 33.9 Å². The number of nitrogens with two attached hydrogens (primary N) is 1. The molecule has 0 bridgehead atoms. The fourth-order valence-electron chi connectivity index (χ4n) is 4.09. The molecule has 158 valence electrons. The van der Waals surface area contributed by atoms with Crippen LogP contribution in [-0.4, -0.2) is 33.2 Å². The monoisotopic (exact) mass is 415 g/mol. The summed E-state index contributed by atoms with van der Waals surface area (Å²) in [6.45, 7) is 3.76. The maximum Gasteiger partial charge on any atom is 0.257 e. The zero-order chi connectivity index (χ0) is 21.4. The van der Waals surface area contributed by atoms with E-state index in [1.54, 1.807) is 0 Å². The van der Waals surface area contributed by atoms with Gasteiger partial charge in [-0.05, 0) is 37.5 Å². The van der Waals surface area contributed by atoms with Gasteiger partial charge in [0.15, 0.2) is 5.65 Å². The number of carbonyl (C=O) groups is 1. The lowest BCUT2D eigenvalue weighted by Crippen LogP contribution is -2.24. The van der Waals surface area contributed by atoms with Gasteiger partial charge in [0.05, 0.1) is 23.7 Å². The van der Waals surface area contributed by atoms with Crippen LogP contribution in [0.1, 0.15) is 34.3 Å². The van der Waals surface area contributed by atoms with E-state index < -0.39 is 0 Å². The first-order valence-electron chi connectivity index (χ1n) is 10.6. The fourth-order valence-corrected chi connectivity index (χ4v) is 4.09. The van der Waals surface area contributed by atoms with Gasteiger partial charge in [0.25, 0.3) is 5.91 Å². The number of benzene rings is 2. The second-order valence-corrected chi connectivity index (χ2v) is 8.06. The van der Waals surface area contributed by atoms with E-state index in [4.69, 9.17) is 20.4 Å². The highest BCUT2D eigenvalue weighted by Crippen LogP contribution is 2.29. The third-order valence-electron chi connectivity index (χ3n) is 5.80. The van der Waals surface area contributed by atoms with Gasteiger partial charge in [-0.15, -0.1) is 0 Å². The molecule has 1 atom stereocenters. The van der Waals surface area contributed by atoms with E-state index in [2.05, 4.69) is 5.32 Å². The molecule has 2 aromatic heterocycles. The number of nitrogens with one attached hydrogen (secondary N) is 1. The zero-order valence-electron chi connectivity index (χ0n) is 17.5. The van der Waals surface area contributed by atoms with Gasteiger partial charge in [0, 0.05) is 13.2 Å². The predicted molar refractivity (Wildman–Crippen MR) is 121 cm³/mol. The molecule has 0 radical (unpaired) electrons. The molecule has 1 saturated heterocycles. The Labute approximate surface area is 180 Å². The maximum atomic E-state index is 13.2. The van der Waals surface area contributed by atoms with E-state index in [0.717, 1.165) is 36.0 Å². The molecule has 3 heterocycles. The minimum absolute atomic E-state index is 0.0645. The van der Waals surface area contributed by atoms with E-state index in [-0.39, 0.29) is 12.0 Å². The van der Waals surface area contributed by atoms with Crippen molar-refractivity contribution < 1.29 is 9.53 Å². The number of nitrogen functional groups attached to an aromatic ring is 1. The molecular formula is C24H25N5O2. The molecule has 5 rings (SSSR count). The molecule has 7 nitrogen and oxygen atoms in total. The van der Waals surface area contributed by atoms with E-state index in [9.17, 15) is 4.79 Å². The Morgan fingerprint density at radius 1 is 1.16 bits per heavy atom. The summed E-state index contributed by atoms with van der Waals surface area (Å²) in [5.41, 5.74) is 11.7. The van der Waals surface area contributed by atoms with Crippen LogP contribution in [0.4, 0.5) is 5.82 Å². The first-order chi connectivity index (χ1) is 15.1. The van der Waals surface area contributed by atoms with Crippen LogP contribution in [0.15, 0.2) is 48.5 Å². The summed E-state index contributed by atoms with van der Waals surface area (Å²) in [6.07, 6.45) is 2.06. The average Bonchev–Trinajstić information content (AvgIpc) is 3.38. The summed E-state index contributed by atoms with van der Waals surface area (Å²) < 4.78 is 7.69. The first-order valence-corrected chi connectivity index (χ1v) is 10.6. The Balaban J connectivity index is 1.55. The largest absolute Gasteiger partial charge is 0.384 e. The van der Waals surface area contributed by atoms with Crippen LogP contribution in [0.5, 0.6) is 0 Å². The molecule has 1 aliphatic heterocycles. The van der Waals surface area contributed by atoms with E-state index in [1.165, 1.54) is 5.56 Å². The van der Waals surface area contributed by atoms with Crippen molar-refractivity contribution in [1.29, 1.82) is 0 Å². The Kier molecular flexibility index (Phi) is 5.03. The van der Waals surface area contributed by atoms with Crippen molar-refractivity contribution in [2.45, 2.75) is 39.0 Å². The highest BCUT2D eigenvalue weighted by atomic mass is 16.5. The first kappa shape index (κ1) is 19.5. The van der Waals surface area contributed by atoms with Gasteiger partial charge in [0.1, 0.15) is 16.9 Å². The van der Waals surface area contributed by atoms with Gasteiger partial charge >= 0.3 is 0 Å². The molecule has 0 spiro atoms. The summed E-state index contributed by atoms with van der Waals surface area (Å²) in [7, 11) is 0. The quantitative estimate of drug-likeness (QED) is 0.519. The van der Waals surface area contributed by atoms with Gasteiger partial charge in [0.2, 0.25) is 0 Å². The molecule has 2 aromatic carbocycles. The molecular weight excluding hydrogens is 390 g/mol. The molecule has 0 aliphatic carbocycles. The Morgan fingerprint density at radius 2 is 1.90 bits per heavy atom. The fraction of sp³-hybridized carbons (Fsp3) is 0.292. The number of ether oxygens (including phenoxy) is 1. The number of amides is 1. The summed E-state index contributed by atoms with van der Waals surface area (Å²) >= 11 is 0. The smallest absolute Gasteiger partial charge is 0.257 e. The van der Waals surface area contributed by atoms with Gasteiger partial charge in [-0.25, -0.2) is 9.97 Å². The van der Waals surface area contributed by atoms with Crippen molar-refractivity contribution in [1.82, 2.24) is 19.9 Å². The van der Waals surface area contributed by atoms with E-state index >= 15 is 0 Å². The van der Waals surface area contributed by atoms with Crippen LogP contribution in [0.3, 0.4) is 0 Å². The molecule has 1 unspecified atom stereocenters. The third-order valence-corrected chi connectivity index (χ3v) is 5.80. The minimum Gasteiger partial charge on any atom is -0.384 e. The lowest BCUT2D eigenvalue weighted by Gasteiger charge is -2.13. The van der Waals surface area contributed by atoms with Crippen molar-refractivity contribution in [2.24, 2.45) is 0 Å². The van der Waals surface area contributed by atoms with Crippen molar-refractivity contribution in [2.75, 3.05) is 12.3 Å². The number of rotatable bonds is 5. The van der Waals surface area contributed by atoms with Crippen LogP contribution in [0.2, 0.25) is 0 Å². The number of fused-ring (bicyclic) bond motifs is 2. The van der Waals surface area contributed by atoms with E-state index in [0.29, 0.717) is 35.6 Å². The molecule has 1 fully saturated rings. The highest BCUT2D eigenvalue weighted by Gasteiger charge is 2.26. The average molecular weight is 415 g/mol. The molecule has 31 heavy (non-hydrogen) atoms. The zero-order valence-corrected chi connectivity index (χ0v) is 17.5. The minimum atomic E-state index is -0.251. The molecule has 0 saturated carbocycles. The van der Waals surface area contributed by atoms with Crippen LogP contribution >= 0.6 is 0 Å². The molecule has 4 aromatic rings. The normalized spacial score (nSPS) is 16.2. The second kappa shape index (κ2) is 8.00. The highest BCUT2D eigenvalue weighted by molar-refractivity contribution is 6.10. The van der Waals surface area contributed by atoms with Crippen LogP contribution in [0.25, 0.3) is 22.2 Å². The van der Waals surface area contributed by atoms with Gasteiger partial charge in [-0.1, -0.05) is 42.0 Å². The lowest BCUT2D eigenvalue weighted by atomic mass is 10.1. The van der Waals surface area contributed by atoms with Crippen LogP contribution in [0, 0.1) is 6.92 Å². The Morgan fingerprint density at radius 3 is 2.61 bits per heavy atom. The standard InChI is InChI=1S/C24H25N5O2/c1-15-8-10-16(11-9-15)13-26-24(30)20-21-23(28-19-7-3-2-6-18(19)27-21)29(22(20)25)14-17-5-4-12-31-17/h2-3,6-11,17H,4-5,12-14,25H2,1H3,(H,26,30). The summed E-state index contributed by atoms with van der Waals surface area (Å²) in [5.74, 6) is 0.126. The maximum absolute atomic E-state index is 13.2. The second-order valence-electron chi connectivity index (χ2n) is 8.06. The number of carbonyl (C=O) groups excluding carboxylic acids is 1. The third kappa shape index (κ3) is 3.72. The van der Waals surface area contributed by atoms with E-state index in [1.807, 2.05) is 60.0 Å². The Hall–Kier alpha value is -3.45. The summed E-state index contributed by atoms with van der Waals surface area (Å²) in [5, 5.41) is 2.99. The van der Waals surface area contributed by atoms with Gasteiger partial charge < -0.3 is 20.4 Å². The van der Waals surface area contributed by atoms with Gasteiger partial charge in [-0.3, -0.25) is 4.79 Å². The number of aryl methyl sites for hydroxylation is 1. The topological polar surface area (TPSA) is 95.1 Å². The molecule has 3 N–H and O–H groups in total.